The highest BCUT2D eigenvalue weighted by atomic mass is 35.5. The van der Waals surface area contributed by atoms with Crippen molar-refractivity contribution in [3.63, 3.8) is 0 Å². The Bertz CT molecular complexity index is 444. The van der Waals surface area contributed by atoms with E-state index in [9.17, 15) is 10.1 Å². The monoisotopic (exact) mass is 256 g/mol. The van der Waals surface area contributed by atoms with Crippen LogP contribution in [0.2, 0.25) is 5.02 Å². The third kappa shape index (κ3) is 2.32. The van der Waals surface area contributed by atoms with Crippen molar-refractivity contribution >= 4 is 23.1 Å². The summed E-state index contributed by atoms with van der Waals surface area (Å²) in [6.07, 6.45) is 1.22. The Hall–Kier alpha value is -1.40. The van der Waals surface area contributed by atoms with Gasteiger partial charge in [-0.3, -0.25) is 10.1 Å². The second kappa shape index (κ2) is 4.46. The molecule has 0 bridgehead atoms. The molecule has 1 aliphatic rings. The first-order valence-corrected chi connectivity index (χ1v) is 5.67. The van der Waals surface area contributed by atoms with Gasteiger partial charge in [0, 0.05) is 25.2 Å². The lowest BCUT2D eigenvalue weighted by Gasteiger charge is -2.17. The van der Waals surface area contributed by atoms with E-state index < -0.39 is 4.92 Å². The summed E-state index contributed by atoms with van der Waals surface area (Å²) >= 11 is 6.00. The smallest absolute Gasteiger partial charge is 0.289 e. The van der Waals surface area contributed by atoms with E-state index in [1.807, 2.05) is 4.90 Å². The molecule has 0 amide bonds. The summed E-state index contributed by atoms with van der Waals surface area (Å²) in [6.45, 7) is 3.50. The maximum atomic E-state index is 10.6. The van der Waals surface area contributed by atoms with Crippen LogP contribution in [0.25, 0.3) is 0 Å². The van der Waals surface area contributed by atoms with Crippen LogP contribution in [-0.2, 0) is 0 Å². The number of hydrogen-bond acceptors (Lipinski definition) is 5. The van der Waals surface area contributed by atoms with E-state index in [0.717, 1.165) is 6.54 Å². The molecular weight excluding hydrogens is 244 g/mol. The van der Waals surface area contributed by atoms with Gasteiger partial charge in [0.15, 0.2) is 0 Å². The highest BCUT2D eigenvalue weighted by molar-refractivity contribution is 6.33. The van der Waals surface area contributed by atoms with Crippen molar-refractivity contribution < 1.29 is 4.92 Å². The molecule has 1 aromatic heterocycles. The molecule has 2 heterocycles. The number of hydrogen-bond donors (Lipinski definition) is 1. The van der Waals surface area contributed by atoms with Crippen LogP contribution in [0.5, 0.6) is 0 Å². The molecule has 0 spiro atoms. The van der Waals surface area contributed by atoms with Crippen LogP contribution in [-0.4, -0.2) is 29.0 Å². The third-order valence-electron chi connectivity index (χ3n) is 2.99. The number of rotatable bonds is 2. The Labute approximate surface area is 104 Å². The van der Waals surface area contributed by atoms with Crippen molar-refractivity contribution in [3.8, 4) is 0 Å². The van der Waals surface area contributed by atoms with Crippen molar-refractivity contribution in [1.29, 1.82) is 0 Å². The Morgan fingerprint density at radius 2 is 2.35 bits per heavy atom. The maximum Gasteiger partial charge on any atom is 0.289 e. The second-order valence-corrected chi connectivity index (χ2v) is 4.71. The zero-order chi connectivity index (χ0) is 12.6. The summed E-state index contributed by atoms with van der Waals surface area (Å²) in [5, 5.41) is 10.9. The standard InChI is InChI=1S/C10H13ClN4O2/c1-6-4-14(5-9(6)12)10-8(11)2-7(3-13-10)15(16)17/h2-3,6,9H,4-5,12H2,1H3. The van der Waals surface area contributed by atoms with E-state index in [4.69, 9.17) is 17.3 Å². The molecular formula is C10H13ClN4O2. The first kappa shape index (κ1) is 12.1. The van der Waals surface area contributed by atoms with E-state index in [-0.39, 0.29) is 11.7 Å². The first-order valence-electron chi connectivity index (χ1n) is 5.29. The number of halogens is 1. The molecule has 17 heavy (non-hydrogen) atoms. The molecule has 1 fully saturated rings. The predicted octanol–water partition coefficient (Wildman–Crippen LogP) is 1.43. The normalized spacial score (nSPS) is 24.1. The number of aromatic nitrogens is 1. The fourth-order valence-corrected chi connectivity index (χ4v) is 2.20. The molecule has 0 aromatic carbocycles. The van der Waals surface area contributed by atoms with Crippen molar-refractivity contribution in [2.24, 2.45) is 11.7 Å². The van der Waals surface area contributed by atoms with Crippen molar-refractivity contribution in [2.75, 3.05) is 18.0 Å². The van der Waals surface area contributed by atoms with Gasteiger partial charge < -0.3 is 10.6 Å². The van der Waals surface area contributed by atoms with Gasteiger partial charge in [0.25, 0.3) is 5.69 Å². The van der Waals surface area contributed by atoms with E-state index in [2.05, 4.69) is 11.9 Å². The van der Waals surface area contributed by atoms with Crippen LogP contribution in [0.15, 0.2) is 12.3 Å². The molecule has 6 nitrogen and oxygen atoms in total. The number of anilines is 1. The zero-order valence-corrected chi connectivity index (χ0v) is 10.1. The number of pyridine rings is 1. The third-order valence-corrected chi connectivity index (χ3v) is 3.27. The summed E-state index contributed by atoms with van der Waals surface area (Å²) < 4.78 is 0. The molecule has 1 saturated heterocycles. The van der Waals surface area contributed by atoms with Crippen molar-refractivity contribution in [3.05, 3.63) is 27.4 Å². The molecule has 2 unspecified atom stereocenters. The molecule has 7 heteroatoms. The van der Waals surface area contributed by atoms with Gasteiger partial charge in [-0.25, -0.2) is 4.98 Å². The van der Waals surface area contributed by atoms with Gasteiger partial charge in [-0.15, -0.1) is 0 Å². The minimum atomic E-state index is -0.513. The molecule has 0 aliphatic carbocycles. The lowest BCUT2D eigenvalue weighted by Crippen LogP contribution is -2.28. The molecule has 2 rings (SSSR count). The molecule has 2 N–H and O–H groups in total. The van der Waals surface area contributed by atoms with Crippen LogP contribution in [0.3, 0.4) is 0 Å². The van der Waals surface area contributed by atoms with E-state index in [1.165, 1.54) is 12.3 Å². The summed E-state index contributed by atoms with van der Waals surface area (Å²) in [5.41, 5.74) is 5.81. The molecule has 92 valence electrons. The highest BCUT2D eigenvalue weighted by Gasteiger charge is 2.29. The highest BCUT2D eigenvalue weighted by Crippen LogP contribution is 2.30. The minimum absolute atomic E-state index is 0.0862. The predicted molar refractivity (Wildman–Crippen MR) is 65.3 cm³/mol. The minimum Gasteiger partial charge on any atom is -0.353 e. The van der Waals surface area contributed by atoms with E-state index >= 15 is 0 Å². The van der Waals surface area contributed by atoms with Gasteiger partial charge in [0.2, 0.25) is 0 Å². The summed E-state index contributed by atoms with van der Waals surface area (Å²) in [4.78, 5) is 16.1. The van der Waals surface area contributed by atoms with E-state index in [0.29, 0.717) is 23.3 Å². The average Bonchev–Trinajstić information content (AvgIpc) is 2.58. The van der Waals surface area contributed by atoms with Crippen LogP contribution in [0.1, 0.15) is 6.92 Å². The molecule has 1 aliphatic heterocycles. The topological polar surface area (TPSA) is 85.3 Å². The van der Waals surface area contributed by atoms with Gasteiger partial charge in [0.05, 0.1) is 9.95 Å². The van der Waals surface area contributed by atoms with Crippen LogP contribution >= 0.6 is 11.6 Å². The van der Waals surface area contributed by atoms with Gasteiger partial charge in [-0.05, 0) is 5.92 Å². The maximum absolute atomic E-state index is 10.6. The molecule has 0 radical (unpaired) electrons. The number of nitrogens with zero attached hydrogens (tertiary/aromatic N) is 3. The van der Waals surface area contributed by atoms with Crippen LogP contribution in [0.4, 0.5) is 11.5 Å². The molecule has 1 aromatic rings. The fraction of sp³-hybridized carbons (Fsp3) is 0.500. The zero-order valence-electron chi connectivity index (χ0n) is 9.34. The van der Waals surface area contributed by atoms with Crippen molar-refractivity contribution in [1.82, 2.24) is 4.98 Å². The average molecular weight is 257 g/mol. The SMILES string of the molecule is CC1CN(c2ncc([N+](=O)[O-])cc2Cl)CC1N. The van der Waals surface area contributed by atoms with Crippen LogP contribution in [0, 0.1) is 16.0 Å². The molecule has 0 saturated carbocycles. The lowest BCUT2D eigenvalue weighted by atomic mass is 10.1. The van der Waals surface area contributed by atoms with Gasteiger partial charge in [0.1, 0.15) is 12.0 Å². The lowest BCUT2D eigenvalue weighted by molar-refractivity contribution is -0.385. The van der Waals surface area contributed by atoms with Gasteiger partial charge in [-0.1, -0.05) is 18.5 Å². The fourth-order valence-electron chi connectivity index (χ4n) is 1.92. The van der Waals surface area contributed by atoms with E-state index in [1.54, 1.807) is 0 Å². The summed E-state index contributed by atoms with van der Waals surface area (Å²) in [6, 6.07) is 1.40. The Kier molecular flexibility index (Phi) is 3.17. The first-order chi connectivity index (χ1) is 7.99. The Balaban J connectivity index is 2.26. The van der Waals surface area contributed by atoms with Crippen LogP contribution < -0.4 is 10.6 Å². The summed E-state index contributed by atoms with van der Waals surface area (Å²) in [7, 11) is 0. The summed E-state index contributed by atoms with van der Waals surface area (Å²) in [5.74, 6) is 0.931. The molecule has 2 atom stereocenters. The quantitative estimate of drug-likeness (QED) is 0.639. The van der Waals surface area contributed by atoms with Gasteiger partial charge in [-0.2, -0.15) is 0 Å². The second-order valence-electron chi connectivity index (χ2n) is 4.30. The van der Waals surface area contributed by atoms with Crippen molar-refractivity contribution in [2.45, 2.75) is 13.0 Å². The number of nitrogens with two attached hydrogens (primary N) is 1. The Morgan fingerprint density at radius 3 is 2.82 bits per heavy atom. The largest absolute Gasteiger partial charge is 0.353 e. The Morgan fingerprint density at radius 1 is 1.65 bits per heavy atom. The number of nitro groups is 1. The van der Waals surface area contributed by atoms with Gasteiger partial charge >= 0.3 is 0 Å².